The molecular weight excluding hydrogens is 392 g/mol. The lowest BCUT2D eigenvalue weighted by molar-refractivity contribution is 0.467. The van der Waals surface area contributed by atoms with Gasteiger partial charge in [-0.15, -0.1) is 0 Å². The first-order valence-corrected chi connectivity index (χ1v) is 11.1. The fraction of sp³-hybridized carbons (Fsp3) is 0.138. The Hall–Kier alpha value is -3.85. The molecule has 3 aliphatic rings. The quantitative estimate of drug-likeness (QED) is 0.400. The summed E-state index contributed by atoms with van der Waals surface area (Å²) in [6, 6.07) is 24.0. The molecular formula is C29H22N2O. The van der Waals surface area contributed by atoms with Crippen LogP contribution in [0.5, 0.6) is 11.5 Å². The highest BCUT2D eigenvalue weighted by Crippen LogP contribution is 2.44. The zero-order chi connectivity index (χ0) is 21.4. The minimum absolute atomic E-state index is 0.721. The second-order valence-electron chi connectivity index (χ2n) is 8.88. The molecule has 0 spiro atoms. The summed E-state index contributed by atoms with van der Waals surface area (Å²) in [4.78, 5) is 4.92. The zero-order valence-electron chi connectivity index (χ0n) is 18.1. The highest BCUT2D eigenvalue weighted by Gasteiger charge is 2.25. The third-order valence-corrected chi connectivity index (χ3v) is 7.12. The van der Waals surface area contributed by atoms with Gasteiger partial charge >= 0.3 is 0 Å². The van der Waals surface area contributed by atoms with E-state index in [4.69, 9.17) is 9.73 Å². The van der Waals surface area contributed by atoms with Crippen molar-refractivity contribution < 1.29 is 4.74 Å². The Morgan fingerprint density at radius 3 is 2.38 bits per heavy atom. The summed E-state index contributed by atoms with van der Waals surface area (Å²) >= 11 is 0. The van der Waals surface area contributed by atoms with Crippen molar-refractivity contribution in [2.45, 2.75) is 26.9 Å². The number of rotatable bonds is 0. The number of ether oxygens (including phenoxy) is 1. The molecule has 0 aromatic heterocycles. The number of hydrogen-bond donors (Lipinski definition) is 1. The molecule has 3 heterocycles. The molecule has 3 nitrogen and oxygen atoms in total. The van der Waals surface area contributed by atoms with E-state index in [1.54, 1.807) is 0 Å². The summed E-state index contributed by atoms with van der Waals surface area (Å²) in [7, 11) is 0. The predicted molar refractivity (Wildman–Crippen MR) is 129 cm³/mol. The first-order chi connectivity index (χ1) is 15.7. The number of hydrogen-bond acceptors (Lipinski definition) is 3. The average molecular weight is 415 g/mol. The van der Waals surface area contributed by atoms with E-state index in [-0.39, 0.29) is 0 Å². The standard InChI is InChI=1S/C29H22N2O/c1-16-22-11-24-20-9-5-3-7-18(20)14-30-26(24)13-27(22)32-29-17(2)28-25(12-23(16)29)21-10-6-4-8-19(21)15-31-28/h3-13,30H,14-15H2,1-2H3. The maximum atomic E-state index is 6.57. The van der Waals surface area contributed by atoms with Crippen LogP contribution in [0.2, 0.25) is 0 Å². The second kappa shape index (κ2) is 6.33. The van der Waals surface area contributed by atoms with Crippen LogP contribution >= 0.6 is 0 Å². The highest BCUT2D eigenvalue weighted by molar-refractivity contribution is 5.89. The SMILES string of the molecule is CC1=c2cc3c(c(C)c2Oc2cc4c(cc21)-c1ccccc1CN4)=NCc1ccccc1-3. The second-order valence-corrected chi connectivity index (χ2v) is 8.88. The van der Waals surface area contributed by atoms with E-state index in [0.29, 0.717) is 0 Å². The lowest BCUT2D eigenvalue weighted by atomic mass is 9.88. The van der Waals surface area contributed by atoms with Crippen LogP contribution in [0.4, 0.5) is 5.69 Å². The van der Waals surface area contributed by atoms with Crippen LogP contribution in [0, 0.1) is 6.92 Å². The van der Waals surface area contributed by atoms with Crippen LogP contribution in [0.1, 0.15) is 29.2 Å². The maximum absolute atomic E-state index is 6.57. The topological polar surface area (TPSA) is 33.6 Å². The molecule has 32 heavy (non-hydrogen) atoms. The van der Waals surface area contributed by atoms with Crippen LogP contribution in [0.25, 0.3) is 27.8 Å². The van der Waals surface area contributed by atoms with E-state index >= 15 is 0 Å². The summed E-state index contributed by atoms with van der Waals surface area (Å²) < 4.78 is 6.57. The van der Waals surface area contributed by atoms with Crippen LogP contribution in [-0.2, 0) is 13.1 Å². The van der Waals surface area contributed by atoms with Crippen LogP contribution in [0.3, 0.4) is 0 Å². The van der Waals surface area contributed by atoms with Crippen molar-refractivity contribution in [1.82, 2.24) is 0 Å². The smallest absolute Gasteiger partial charge is 0.140 e. The minimum Gasteiger partial charge on any atom is -0.456 e. The van der Waals surface area contributed by atoms with Gasteiger partial charge in [-0.2, -0.15) is 0 Å². The Labute approximate surface area is 186 Å². The Bertz CT molecular complexity index is 1600. The number of nitrogens with one attached hydrogen (secondary N) is 1. The fourth-order valence-electron chi connectivity index (χ4n) is 5.40. The third-order valence-electron chi connectivity index (χ3n) is 7.12. The van der Waals surface area contributed by atoms with Gasteiger partial charge in [0.1, 0.15) is 11.5 Å². The molecule has 0 radical (unpaired) electrons. The lowest BCUT2D eigenvalue weighted by Gasteiger charge is -2.27. The molecule has 7 rings (SSSR count). The van der Waals surface area contributed by atoms with Gasteiger partial charge in [0.25, 0.3) is 0 Å². The van der Waals surface area contributed by atoms with Crippen molar-refractivity contribution in [3.05, 3.63) is 99.6 Å². The Kier molecular flexibility index (Phi) is 3.52. The maximum Gasteiger partial charge on any atom is 0.140 e. The largest absolute Gasteiger partial charge is 0.456 e. The van der Waals surface area contributed by atoms with E-state index in [0.717, 1.165) is 52.0 Å². The first kappa shape index (κ1) is 17.8. The molecule has 0 amide bonds. The first-order valence-electron chi connectivity index (χ1n) is 11.1. The summed E-state index contributed by atoms with van der Waals surface area (Å²) in [5.41, 5.74) is 12.3. The highest BCUT2D eigenvalue weighted by atomic mass is 16.5. The predicted octanol–water partition coefficient (Wildman–Crippen LogP) is 5.71. The number of anilines is 1. The summed E-state index contributed by atoms with van der Waals surface area (Å²) in [6.45, 7) is 5.91. The summed E-state index contributed by atoms with van der Waals surface area (Å²) in [5, 5.41) is 5.80. The van der Waals surface area contributed by atoms with Gasteiger partial charge in [-0.3, -0.25) is 4.99 Å². The molecule has 0 fully saturated rings. The van der Waals surface area contributed by atoms with Crippen molar-refractivity contribution in [2.75, 3.05) is 5.32 Å². The molecule has 0 bridgehead atoms. The Morgan fingerprint density at radius 1 is 0.781 bits per heavy atom. The number of benzene rings is 4. The molecule has 3 aliphatic heterocycles. The van der Waals surface area contributed by atoms with Crippen molar-refractivity contribution in [3.63, 3.8) is 0 Å². The summed E-state index contributed by atoms with van der Waals surface area (Å²) in [5.74, 6) is 1.85. The molecule has 0 saturated heterocycles. The van der Waals surface area contributed by atoms with Gasteiger partial charge in [0, 0.05) is 45.8 Å². The molecule has 154 valence electrons. The van der Waals surface area contributed by atoms with Crippen LogP contribution in [0.15, 0.2) is 71.7 Å². The van der Waals surface area contributed by atoms with Gasteiger partial charge in [0.05, 0.1) is 11.9 Å². The van der Waals surface area contributed by atoms with Crippen LogP contribution < -0.4 is 20.6 Å². The van der Waals surface area contributed by atoms with E-state index in [9.17, 15) is 0 Å². The Morgan fingerprint density at radius 2 is 1.53 bits per heavy atom. The van der Waals surface area contributed by atoms with E-state index < -0.39 is 0 Å². The molecule has 0 saturated carbocycles. The van der Waals surface area contributed by atoms with Gasteiger partial charge in [-0.1, -0.05) is 48.5 Å². The monoisotopic (exact) mass is 414 g/mol. The number of nitrogens with zero attached hydrogens (tertiary/aromatic N) is 1. The average Bonchev–Trinajstić information content (AvgIpc) is 2.84. The molecule has 1 N–H and O–H groups in total. The number of fused-ring (bicyclic) bond motifs is 8. The van der Waals surface area contributed by atoms with E-state index in [2.05, 4.69) is 85.9 Å². The molecule has 0 atom stereocenters. The van der Waals surface area contributed by atoms with Crippen molar-refractivity contribution in [1.29, 1.82) is 0 Å². The zero-order valence-corrected chi connectivity index (χ0v) is 18.1. The van der Waals surface area contributed by atoms with Gasteiger partial charge < -0.3 is 10.1 Å². The summed E-state index contributed by atoms with van der Waals surface area (Å²) in [6.07, 6.45) is 0. The van der Waals surface area contributed by atoms with Crippen molar-refractivity contribution in [2.24, 2.45) is 4.99 Å². The van der Waals surface area contributed by atoms with E-state index in [1.807, 2.05) is 0 Å². The Balaban J connectivity index is 1.51. The minimum atomic E-state index is 0.721. The lowest BCUT2D eigenvalue weighted by Crippen LogP contribution is -2.26. The van der Waals surface area contributed by atoms with Gasteiger partial charge in [0.2, 0.25) is 0 Å². The van der Waals surface area contributed by atoms with E-state index in [1.165, 1.54) is 39.0 Å². The normalized spacial score (nSPS) is 14.4. The molecule has 0 unspecified atom stereocenters. The van der Waals surface area contributed by atoms with Crippen molar-refractivity contribution in [3.8, 4) is 33.8 Å². The molecule has 4 aromatic rings. The van der Waals surface area contributed by atoms with Crippen molar-refractivity contribution >= 4 is 11.3 Å². The van der Waals surface area contributed by atoms with Gasteiger partial charge in [-0.25, -0.2) is 0 Å². The molecule has 0 aliphatic carbocycles. The third kappa shape index (κ3) is 2.34. The van der Waals surface area contributed by atoms with Gasteiger partial charge in [0.15, 0.2) is 0 Å². The van der Waals surface area contributed by atoms with Crippen LogP contribution in [-0.4, -0.2) is 0 Å². The fourth-order valence-corrected chi connectivity index (χ4v) is 5.40. The molecule has 4 aromatic carbocycles. The molecule has 3 heteroatoms. The van der Waals surface area contributed by atoms with Gasteiger partial charge in [-0.05, 0) is 53.8 Å².